The summed E-state index contributed by atoms with van der Waals surface area (Å²) in [6.45, 7) is 0.830. The van der Waals surface area contributed by atoms with Crippen molar-refractivity contribution in [1.82, 2.24) is 4.90 Å². The lowest BCUT2D eigenvalue weighted by Crippen LogP contribution is -2.44. The molecule has 0 heterocycles. The van der Waals surface area contributed by atoms with E-state index in [0.717, 1.165) is 42.5 Å². The zero-order chi connectivity index (χ0) is 18.7. The molecule has 0 amide bonds. The van der Waals surface area contributed by atoms with Crippen molar-refractivity contribution in [3.8, 4) is 0 Å². The first-order chi connectivity index (χ1) is 12.4. The minimum Gasteiger partial charge on any atom is -0.380 e. The number of hydrogen-bond donors (Lipinski definition) is 1. The summed E-state index contributed by atoms with van der Waals surface area (Å²) < 4.78 is 0. The second-order valence-corrected chi connectivity index (χ2v) is 8.22. The lowest BCUT2D eigenvalue weighted by Gasteiger charge is -2.44. The average molecular weight is 390 g/mol. The molecule has 26 heavy (non-hydrogen) atoms. The van der Waals surface area contributed by atoms with Gasteiger partial charge in [0.25, 0.3) is 0 Å². The Morgan fingerprint density at radius 1 is 1.04 bits per heavy atom. The summed E-state index contributed by atoms with van der Waals surface area (Å²) in [6.07, 6.45) is 5.07. The molecule has 0 spiro atoms. The van der Waals surface area contributed by atoms with Crippen LogP contribution in [0.15, 0.2) is 54.1 Å². The van der Waals surface area contributed by atoms with Crippen LogP contribution in [0.2, 0.25) is 10.0 Å². The first-order valence-electron chi connectivity index (χ1n) is 8.99. The van der Waals surface area contributed by atoms with Gasteiger partial charge in [0.15, 0.2) is 0 Å². The van der Waals surface area contributed by atoms with Gasteiger partial charge in [-0.25, -0.2) is 0 Å². The molecule has 0 bridgehead atoms. The van der Waals surface area contributed by atoms with E-state index in [9.17, 15) is 5.11 Å². The molecule has 2 aromatic carbocycles. The normalized spacial score (nSPS) is 25.0. The van der Waals surface area contributed by atoms with Gasteiger partial charge in [-0.2, -0.15) is 0 Å². The van der Waals surface area contributed by atoms with Gasteiger partial charge in [-0.1, -0.05) is 53.5 Å². The number of rotatable bonds is 4. The Morgan fingerprint density at radius 3 is 2.19 bits per heavy atom. The van der Waals surface area contributed by atoms with Gasteiger partial charge in [-0.3, -0.25) is 0 Å². The molecule has 0 saturated heterocycles. The van der Waals surface area contributed by atoms with E-state index in [4.69, 9.17) is 23.2 Å². The number of hydrogen-bond acceptors (Lipinski definition) is 2. The molecule has 0 radical (unpaired) electrons. The fraction of sp³-hybridized carbons (Fsp3) is 0.364. The summed E-state index contributed by atoms with van der Waals surface area (Å²) in [6, 6.07) is 15.4. The number of benzene rings is 2. The summed E-state index contributed by atoms with van der Waals surface area (Å²) in [5.74, 6) is 0.131. The summed E-state index contributed by atoms with van der Waals surface area (Å²) in [5.41, 5.74) is 2.03. The van der Waals surface area contributed by atoms with Crippen LogP contribution in [0.25, 0.3) is 6.08 Å². The van der Waals surface area contributed by atoms with Crippen LogP contribution in [0.4, 0.5) is 0 Å². The highest BCUT2D eigenvalue weighted by molar-refractivity contribution is 6.30. The first-order valence-corrected chi connectivity index (χ1v) is 9.75. The van der Waals surface area contributed by atoms with Crippen LogP contribution in [-0.2, 0) is 5.60 Å². The van der Waals surface area contributed by atoms with Crippen molar-refractivity contribution in [3.63, 3.8) is 0 Å². The quantitative estimate of drug-likeness (QED) is 0.732. The summed E-state index contributed by atoms with van der Waals surface area (Å²) >= 11 is 12.1. The Morgan fingerprint density at radius 2 is 1.62 bits per heavy atom. The molecule has 2 unspecified atom stereocenters. The molecule has 1 aliphatic rings. The molecule has 3 rings (SSSR count). The van der Waals surface area contributed by atoms with Gasteiger partial charge >= 0.3 is 0 Å². The highest BCUT2D eigenvalue weighted by Crippen LogP contribution is 2.46. The topological polar surface area (TPSA) is 23.5 Å². The van der Waals surface area contributed by atoms with Crippen molar-refractivity contribution >= 4 is 29.3 Å². The number of nitrogens with zero attached hydrogens (tertiary/aromatic N) is 1. The molecule has 4 heteroatoms. The predicted octanol–water partition coefficient (Wildman–Crippen LogP) is 5.63. The minimum absolute atomic E-state index is 0.131. The molecule has 1 fully saturated rings. The van der Waals surface area contributed by atoms with E-state index >= 15 is 0 Å². The Bertz CT molecular complexity index is 768. The first kappa shape index (κ1) is 19.4. The number of halogens is 2. The Balaban J connectivity index is 2.07. The standard InChI is InChI=1S/C22H25Cl2NO/c1-25(2)15-19-5-3-4-18(14-16-6-10-20(23)11-7-16)22(19,26)17-8-12-21(24)13-9-17/h6-14,19,26H,3-5,15H2,1-2H3/b18-14+. The molecule has 1 N–H and O–H groups in total. The largest absolute Gasteiger partial charge is 0.380 e. The molecule has 2 aromatic rings. The van der Waals surface area contributed by atoms with E-state index in [2.05, 4.69) is 25.1 Å². The predicted molar refractivity (Wildman–Crippen MR) is 111 cm³/mol. The molecule has 2 atom stereocenters. The lowest BCUT2D eigenvalue weighted by molar-refractivity contribution is -0.0174. The van der Waals surface area contributed by atoms with E-state index in [-0.39, 0.29) is 5.92 Å². The van der Waals surface area contributed by atoms with Gasteiger partial charge < -0.3 is 10.0 Å². The monoisotopic (exact) mass is 389 g/mol. The van der Waals surface area contributed by atoms with Crippen molar-refractivity contribution in [3.05, 3.63) is 75.3 Å². The molecular formula is C22H25Cl2NO. The van der Waals surface area contributed by atoms with Crippen molar-refractivity contribution in [2.45, 2.75) is 24.9 Å². The van der Waals surface area contributed by atoms with Crippen molar-refractivity contribution in [2.24, 2.45) is 5.92 Å². The van der Waals surface area contributed by atoms with E-state index in [1.807, 2.05) is 48.5 Å². The van der Waals surface area contributed by atoms with Crippen molar-refractivity contribution < 1.29 is 5.11 Å². The van der Waals surface area contributed by atoms with Gasteiger partial charge in [-0.05, 0) is 74.3 Å². The molecule has 138 valence electrons. The van der Waals surface area contributed by atoms with E-state index in [0.29, 0.717) is 10.0 Å². The highest BCUT2D eigenvalue weighted by atomic mass is 35.5. The van der Waals surface area contributed by atoms with Crippen LogP contribution in [0, 0.1) is 5.92 Å². The Labute approximate surface area is 166 Å². The van der Waals surface area contributed by atoms with Crippen LogP contribution >= 0.6 is 23.2 Å². The zero-order valence-corrected chi connectivity index (χ0v) is 16.8. The molecular weight excluding hydrogens is 365 g/mol. The van der Waals surface area contributed by atoms with Crippen LogP contribution in [-0.4, -0.2) is 30.6 Å². The van der Waals surface area contributed by atoms with Gasteiger partial charge in [-0.15, -0.1) is 0 Å². The van der Waals surface area contributed by atoms with E-state index in [1.54, 1.807) is 0 Å². The third-order valence-corrected chi connectivity index (χ3v) is 5.66. The summed E-state index contributed by atoms with van der Waals surface area (Å²) in [5, 5.41) is 13.4. The SMILES string of the molecule is CN(C)CC1CCC/C(=C\c2ccc(Cl)cc2)C1(O)c1ccc(Cl)cc1. The third-order valence-electron chi connectivity index (χ3n) is 5.16. The van der Waals surface area contributed by atoms with Gasteiger partial charge in [0, 0.05) is 22.5 Å². The fourth-order valence-electron chi connectivity index (χ4n) is 3.93. The summed E-state index contributed by atoms with van der Waals surface area (Å²) in [4.78, 5) is 2.15. The molecule has 0 aromatic heterocycles. The lowest BCUT2D eigenvalue weighted by atomic mass is 9.67. The van der Waals surface area contributed by atoms with E-state index < -0.39 is 5.60 Å². The second-order valence-electron chi connectivity index (χ2n) is 7.35. The van der Waals surface area contributed by atoms with Gasteiger partial charge in [0.2, 0.25) is 0 Å². The zero-order valence-electron chi connectivity index (χ0n) is 15.3. The van der Waals surface area contributed by atoms with Gasteiger partial charge in [0.1, 0.15) is 5.60 Å². The van der Waals surface area contributed by atoms with Gasteiger partial charge in [0.05, 0.1) is 0 Å². The molecule has 1 saturated carbocycles. The molecule has 1 aliphatic carbocycles. The second kappa shape index (κ2) is 8.14. The molecule has 2 nitrogen and oxygen atoms in total. The third kappa shape index (κ3) is 4.15. The number of aliphatic hydroxyl groups is 1. The van der Waals surface area contributed by atoms with Crippen LogP contribution in [0.1, 0.15) is 30.4 Å². The fourth-order valence-corrected chi connectivity index (χ4v) is 4.18. The van der Waals surface area contributed by atoms with Crippen molar-refractivity contribution in [2.75, 3.05) is 20.6 Å². The van der Waals surface area contributed by atoms with Crippen LogP contribution in [0.5, 0.6) is 0 Å². The maximum atomic E-state index is 12.0. The maximum absolute atomic E-state index is 12.0. The highest BCUT2D eigenvalue weighted by Gasteiger charge is 2.44. The smallest absolute Gasteiger partial charge is 0.115 e. The minimum atomic E-state index is -0.993. The average Bonchev–Trinajstić information content (AvgIpc) is 2.60. The van der Waals surface area contributed by atoms with Crippen molar-refractivity contribution in [1.29, 1.82) is 0 Å². The van der Waals surface area contributed by atoms with Crippen LogP contribution < -0.4 is 0 Å². The Hall–Kier alpha value is -1.32. The maximum Gasteiger partial charge on any atom is 0.115 e. The Kier molecular flexibility index (Phi) is 6.09. The summed E-state index contributed by atoms with van der Waals surface area (Å²) in [7, 11) is 4.11. The van der Waals surface area contributed by atoms with Crippen LogP contribution in [0.3, 0.4) is 0 Å². The van der Waals surface area contributed by atoms with E-state index in [1.165, 1.54) is 0 Å². The molecule has 0 aliphatic heterocycles.